The van der Waals surface area contributed by atoms with Crippen LogP contribution >= 0.6 is 0 Å². The third-order valence-electron chi connectivity index (χ3n) is 4.37. The van der Waals surface area contributed by atoms with Gasteiger partial charge in [-0.1, -0.05) is 61.2 Å². The summed E-state index contributed by atoms with van der Waals surface area (Å²) in [6.45, 7) is 4.72. The summed E-state index contributed by atoms with van der Waals surface area (Å²) in [6, 6.07) is 25.0. The van der Waals surface area contributed by atoms with Gasteiger partial charge >= 0.3 is 0 Å². The van der Waals surface area contributed by atoms with Crippen molar-refractivity contribution in [3.63, 3.8) is 0 Å². The average Bonchev–Trinajstić information content (AvgIpc) is 2.65. The Balaban J connectivity index is 1.63. The van der Waals surface area contributed by atoms with Crippen LogP contribution in [0, 0.1) is 0 Å². The van der Waals surface area contributed by atoms with Gasteiger partial charge in [0.1, 0.15) is 0 Å². The second-order valence-corrected chi connectivity index (χ2v) is 5.88. The van der Waals surface area contributed by atoms with Crippen LogP contribution in [-0.4, -0.2) is 6.54 Å². The summed E-state index contributed by atoms with van der Waals surface area (Å²) in [4.78, 5) is 2.34. The molecule has 1 heterocycles. The van der Waals surface area contributed by atoms with Crippen LogP contribution in [0.1, 0.15) is 11.1 Å². The number of benzene rings is 3. The van der Waals surface area contributed by atoms with E-state index in [1.54, 1.807) is 0 Å². The highest BCUT2D eigenvalue weighted by atomic mass is 16.5. The molecule has 2 nitrogen and oxygen atoms in total. The Morgan fingerprint density at radius 2 is 1.38 bits per heavy atom. The van der Waals surface area contributed by atoms with Gasteiger partial charge in [0.05, 0.1) is 11.4 Å². The van der Waals surface area contributed by atoms with E-state index in [0.29, 0.717) is 0 Å². The lowest BCUT2D eigenvalue weighted by Gasteiger charge is -2.32. The summed E-state index contributed by atoms with van der Waals surface area (Å²) in [5, 5.41) is 0. The highest BCUT2D eigenvalue weighted by Gasteiger charge is 2.23. The van der Waals surface area contributed by atoms with Crippen molar-refractivity contribution in [3.05, 3.63) is 90.5 Å². The molecule has 0 aliphatic carbocycles. The molecule has 0 spiro atoms. The van der Waals surface area contributed by atoms with Gasteiger partial charge < -0.3 is 9.64 Å². The fourth-order valence-corrected chi connectivity index (χ4v) is 3.08. The Hall–Kier alpha value is -3.00. The Kier molecular flexibility index (Phi) is 3.80. The quantitative estimate of drug-likeness (QED) is 0.602. The van der Waals surface area contributed by atoms with Gasteiger partial charge in [-0.25, -0.2) is 0 Å². The molecule has 3 aromatic carbocycles. The van der Waals surface area contributed by atoms with E-state index in [1.165, 1.54) is 5.56 Å². The number of ether oxygens (including phenoxy) is 1. The molecule has 0 saturated carbocycles. The minimum atomic E-state index is 0.908. The van der Waals surface area contributed by atoms with E-state index in [0.717, 1.165) is 41.4 Å². The van der Waals surface area contributed by atoms with E-state index in [9.17, 15) is 0 Å². The van der Waals surface area contributed by atoms with Gasteiger partial charge in [0, 0.05) is 6.54 Å². The van der Waals surface area contributed by atoms with Gasteiger partial charge in [0.2, 0.25) is 0 Å². The Labute approximate surface area is 142 Å². The van der Waals surface area contributed by atoms with Crippen LogP contribution in [0.5, 0.6) is 11.5 Å². The van der Waals surface area contributed by atoms with Crippen LogP contribution in [0.2, 0.25) is 0 Å². The zero-order valence-electron chi connectivity index (χ0n) is 13.5. The van der Waals surface area contributed by atoms with Crippen LogP contribution < -0.4 is 9.64 Å². The maximum absolute atomic E-state index is 6.04. The van der Waals surface area contributed by atoms with Crippen molar-refractivity contribution in [2.75, 3.05) is 11.4 Å². The van der Waals surface area contributed by atoms with Crippen LogP contribution in [0.25, 0.3) is 6.08 Å². The number of para-hydroxylation sites is 4. The van der Waals surface area contributed by atoms with E-state index in [2.05, 4.69) is 60.0 Å². The standard InChI is InChI=1S/C22H19NO/c1-2-17-11-13-18(14-12-17)15-16-23-19-7-3-5-9-21(19)24-22-10-6-4-8-20(22)23/h2-14H,1,15-16H2. The fraction of sp³-hybridized carbons (Fsp3) is 0.0909. The Morgan fingerprint density at radius 1 is 0.792 bits per heavy atom. The molecule has 2 heteroatoms. The molecule has 0 fully saturated rings. The van der Waals surface area contributed by atoms with Gasteiger partial charge in [-0.15, -0.1) is 0 Å². The molecular formula is C22H19NO. The molecule has 0 amide bonds. The van der Waals surface area contributed by atoms with E-state index in [4.69, 9.17) is 4.74 Å². The third-order valence-corrected chi connectivity index (χ3v) is 4.37. The largest absolute Gasteiger partial charge is 0.453 e. The van der Waals surface area contributed by atoms with Gasteiger partial charge in [0.25, 0.3) is 0 Å². The third kappa shape index (κ3) is 2.67. The molecule has 0 bridgehead atoms. The lowest BCUT2D eigenvalue weighted by molar-refractivity contribution is 0.473. The number of fused-ring (bicyclic) bond motifs is 2. The van der Waals surface area contributed by atoms with E-state index >= 15 is 0 Å². The smallest absolute Gasteiger partial charge is 0.151 e. The van der Waals surface area contributed by atoms with Gasteiger partial charge in [-0.3, -0.25) is 0 Å². The van der Waals surface area contributed by atoms with Gasteiger partial charge in [-0.2, -0.15) is 0 Å². The predicted octanol–water partition coefficient (Wildman–Crippen LogP) is 5.82. The molecule has 0 atom stereocenters. The zero-order chi connectivity index (χ0) is 16.4. The van der Waals surface area contributed by atoms with E-state index < -0.39 is 0 Å². The minimum absolute atomic E-state index is 0.908. The average molecular weight is 313 g/mol. The highest BCUT2D eigenvalue weighted by Crippen LogP contribution is 2.46. The van der Waals surface area contributed by atoms with Crippen molar-refractivity contribution >= 4 is 17.5 Å². The topological polar surface area (TPSA) is 12.5 Å². The van der Waals surface area contributed by atoms with E-state index in [1.807, 2.05) is 30.3 Å². The number of hydrogen-bond acceptors (Lipinski definition) is 2. The lowest BCUT2D eigenvalue weighted by Crippen LogP contribution is -2.23. The second kappa shape index (κ2) is 6.25. The number of anilines is 2. The SMILES string of the molecule is C=Cc1ccc(CCN2c3ccccc3Oc3ccccc32)cc1. The van der Waals surface area contributed by atoms with Crippen molar-refractivity contribution in [1.29, 1.82) is 0 Å². The summed E-state index contributed by atoms with van der Waals surface area (Å²) in [5.41, 5.74) is 4.72. The molecule has 0 saturated heterocycles. The zero-order valence-corrected chi connectivity index (χ0v) is 13.5. The number of nitrogens with zero attached hydrogens (tertiary/aromatic N) is 1. The minimum Gasteiger partial charge on any atom is -0.453 e. The molecular weight excluding hydrogens is 294 g/mol. The monoisotopic (exact) mass is 313 g/mol. The van der Waals surface area contributed by atoms with Crippen molar-refractivity contribution in [1.82, 2.24) is 0 Å². The van der Waals surface area contributed by atoms with Crippen LogP contribution in [0.15, 0.2) is 79.4 Å². The Bertz CT molecular complexity index is 822. The molecule has 1 aliphatic heterocycles. The Morgan fingerprint density at radius 3 is 1.96 bits per heavy atom. The molecule has 0 radical (unpaired) electrons. The number of hydrogen-bond donors (Lipinski definition) is 0. The van der Waals surface area contributed by atoms with Crippen molar-refractivity contribution in [2.24, 2.45) is 0 Å². The van der Waals surface area contributed by atoms with E-state index in [-0.39, 0.29) is 0 Å². The first-order valence-corrected chi connectivity index (χ1v) is 8.20. The summed E-state index contributed by atoms with van der Waals surface area (Å²) >= 11 is 0. The second-order valence-electron chi connectivity index (χ2n) is 5.88. The molecule has 0 aromatic heterocycles. The molecule has 3 aromatic rings. The predicted molar refractivity (Wildman–Crippen MR) is 100 cm³/mol. The molecule has 4 rings (SSSR count). The maximum atomic E-state index is 6.04. The molecule has 0 N–H and O–H groups in total. The highest BCUT2D eigenvalue weighted by molar-refractivity contribution is 5.77. The summed E-state index contributed by atoms with van der Waals surface area (Å²) in [6.07, 6.45) is 2.85. The fourth-order valence-electron chi connectivity index (χ4n) is 3.08. The summed E-state index contributed by atoms with van der Waals surface area (Å²) in [7, 11) is 0. The summed E-state index contributed by atoms with van der Waals surface area (Å²) < 4.78 is 6.04. The van der Waals surface area contributed by atoms with Crippen molar-refractivity contribution < 1.29 is 4.74 Å². The maximum Gasteiger partial charge on any atom is 0.151 e. The number of rotatable bonds is 4. The first kappa shape index (κ1) is 14.6. The first-order chi connectivity index (χ1) is 11.8. The summed E-state index contributed by atoms with van der Waals surface area (Å²) in [5.74, 6) is 1.83. The van der Waals surface area contributed by atoms with Crippen LogP contribution in [-0.2, 0) is 6.42 Å². The van der Waals surface area contributed by atoms with Gasteiger partial charge in [-0.05, 0) is 41.8 Å². The van der Waals surface area contributed by atoms with Crippen molar-refractivity contribution in [2.45, 2.75) is 6.42 Å². The molecule has 1 aliphatic rings. The molecule has 24 heavy (non-hydrogen) atoms. The van der Waals surface area contributed by atoms with Crippen LogP contribution in [0.3, 0.4) is 0 Å². The lowest BCUT2D eigenvalue weighted by atomic mass is 10.1. The van der Waals surface area contributed by atoms with Crippen molar-refractivity contribution in [3.8, 4) is 11.5 Å². The van der Waals surface area contributed by atoms with Gasteiger partial charge in [0.15, 0.2) is 11.5 Å². The normalized spacial score (nSPS) is 12.1. The van der Waals surface area contributed by atoms with Crippen LogP contribution in [0.4, 0.5) is 11.4 Å². The molecule has 118 valence electrons. The molecule has 0 unspecified atom stereocenters. The first-order valence-electron chi connectivity index (χ1n) is 8.20.